The predicted molar refractivity (Wildman–Crippen MR) is 59.4 cm³/mol. The van der Waals surface area contributed by atoms with Crippen LogP contribution in [0.2, 0.25) is 0 Å². The molecule has 0 radical (unpaired) electrons. The van der Waals surface area contributed by atoms with Gasteiger partial charge in [0.1, 0.15) is 11.6 Å². The molecule has 0 heterocycles. The van der Waals surface area contributed by atoms with E-state index in [-0.39, 0.29) is 24.8 Å². The Morgan fingerprint density at radius 1 is 1.40 bits per heavy atom. The number of carbonyl (C=O) groups excluding carboxylic acids is 1. The van der Waals surface area contributed by atoms with E-state index in [1.165, 1.54) is 0 Å². The summed E-state index contributed by atoms with van der Waals surface area (Å²) in [5.41, 5.74) is 10.7. The minimum Gasteiger partial charge on any atom is -0.484 e. The first-order chi connectivity index (χ1) is 6.59. The highest BCUT2D eigenvalue weighted by Gasteiger charge is 2.00. The number of amidine groups is 1. The summed E-state index contributed by atoms with van der Waals surface area (Å²) in [6, 6.07) is 6.60. The topological polar surface area (TPSA) is 102 Å². The van der Waals surface area contributed by atoms with Crippen molar-refractivity contribution in [2.24, 2.45) is 11.5 Å². The molecule has 0 aliphatic heterocycles. The maximum Gasteiger partial charge on any atom is 0.255 e. The molecule has 0 saturated carbocycles. The van der Waals surface area contributed by atoms with Gasteiger partial charge < -0.3 is 16.2 Å². The van der Waals surface area contributed by atoms with E-state index >= 15 is 0 Å². The van der Waals surface area contributed by atoms with Gasteiger partial charge in [-0.05, 0) is 12.1 Å². The van der Waals surface area contributed by atoms with Crippen molar-refractivity contribution in [1.82, 2.24) is 0 Å². The van der Waals surface area contributed by atoms with Crippen LogP contribution in [0.5, 0.6) is 5.75 Å². The van der Waals surface area contributed by atoms with Crippen molar-refractivity contribution in [1.29, 1.82) is 5.41 Å². The number of rotatable bonds is 4. The summed E-state index contributed by atoms with van der Waals surface area (Å²) in [7, 11) is 0. The quantitative estimate of drug-likeness (QED) is 0.510. The normalized spacial score (nSPS) is 8.80. The first-order valence-electron chi connectivity index (χ1n) is 3.95. The van der Waals surface area contributed by atoms with Crippen LogP contribution in [0.4, 0.5) is 0 Å². The van der Waals surface area contributed by atoms with Gasteiger partial charge in [0.15, 0.2) is 6.61 Å². The third kappa shape index (κ3) is 4.33. The molecule has 0 spiro atoms. The van der Waals surface area contributed by atoms with Gasteiger partial charge in [0.25, 0.3) is 5.91 Å². The lowest BCUT2D eigenvalue weighted by molar-refractivity contribution is -0.119. The Bertz CT molecular complexity index is 368. The van der Waals surface area contributed by atoms with E-state index in [9.17, 15) is 4.79 Å². The number of hydrogen-bond acceptors (Lipinski definition) is 3. The molecule has 0 aromatic heterocycles. The van der Waals surface area contributed by atoms with Crippen LogP contribution in [0.3, 0.4) is 0 Å². The number of halogens is 1. The zero-order valence-electron chi connectivity index (χ0n) is 7.90. The minimum atomic E-state index is -0.543. The summed E-state index contributed by atoms with van der Waals surface area (Å²) in [5, 5.41) is 7.18. The van der Waals surface area contributed by atoms with Crippen LogP contribution >= 0.6 is 12.4 Å². The Kier molecular flexibility index (Phi) is 5.19. The molecule has 5 N–H and O–H groups in total. The number of ether oxygens (including phenoxy) is 1. The van der Waals surface area contributed by atoms with Gasteiger partial charge in [0.05, 0.1) is 0 Å². The van der Waals surface area contributed by atoms with Crippen LogP contribution in [-0.2, 0) is 4.79 Å². The van der Waals surface area contributed by atoms with Gasteiger partial charge in [-0.3, -0.25) is 10.2 Å². The molecule has 0 aliphatic carbocycles. The monoisotopic (exact) mass is 229 g/mol. The van der Waals surface area contributed by atoms with Crippen molar-refractivity contribution < 1.29 is 9.53 Å². The van der Waals surface area contributed by atoms with Gasteiger partial charge >= 0.3 is 0 Å². The van der Waals surface area contributed by atoms with Gasteiger partial charge in [-0.15, -0.1) is 12.4 Å². The number of hydrogen-bond donors (Lipinski definition) is 3. The van der Waals surface area contributed by atoms with Crippen molar-refractivity contribution in [2.75, 3.05) is 6.61 Å². The third-order valence-electron chi connectivity index (χ3n) is 1.53. The van der Waals surface area contributed by atoms with E-state index in [0.29, 0.717) is 11.3 Å². The summed E-state index contributed by atoms with van der Waals surface area (Å²) < 4.78 is 5.03. The summed E-state index contributed by atoms with van der Waals surface area (Å²) in [6.07, 6.45) is 0. The summed E-state index contributed by atoms with van der Waals surface area (Å²) in [4.78, 5) is 10.4. The number of nitrogen functional groups attached to an aromatic ring is 1. The summed E-state index contributed by atoms with van der Waals surface area (Å²) >= 11 is 0. The second kappa shape index (κ2) is 5.87. The number of primary amides is 1. The van der Waals surface area contributed by atoms with Crippen molar-refractivity contribution in [3.8, 4) is 5.75 Å². The van der Waals surface area contributed by atoms with Gasteiger partial charge in [0.2, 0.25) is 0 Å². The summed E-state index contributed by atoms with van der Waals surface area (Å²) in [6.45, 7) is -0.179. The van der Waals surface area contributed by atoms with Crippen molar-refractivity contribution >= 4 is 24.1 Å². The van der Waals surface area contributed by atoms with E-state index in [0.717, 1.165) is 0 Å². The fourth-order valence-electron chi connectivity index (χ4n) is 0.908. The first kappa shape index (κ1) is 13.2. The molecule has 82 valence electrons. The van der Waals surface area contributed by atoms with Gasteiger partial charge in [-0.25, -0.2) is 0 Å². The Hall–Kier alpha value is -1.75. The molecule has 1 aromatic rings. The Morgan fingerprint density at radius 2 is 2.07 bits per heavy atom. The molecule has 1 amide bonds. The second-order valence-corrected chi connectivity index (χ2v) is 2.70. The van der Waals surface area contributed by atoms with Crippen LogP contribution < -0.4 is 16.2 Å². The lowest BCUT2D eigenvalue weighted by Crippen LogP contribution is -2.20. The number of carbonyl (C=O) groups is 1. The average molecular weight is 230 g/mol. The fourth-order valence-corrected chi connectivity index (χ4v) is 0.908. The number of amides is 1. The van der Waals surface area contributed by atoms with Crippen molar-refractivity contribution in [2.45, 2.75) is 0 Å². The molecule has 0 aliphatic rings. The Balaban J connectivity index is 0.00000196. The highest BCUT2D eigenvalue weighted by Crippen LogP contribution is 2.12. The SMILES string of the molecule is Cl.N=C(N)c1cccc(OCC(N)=O)c1. The first-order valence-corrected chi connectivity index (χ1v) is 3.95. The zero-order valence-corrected chi connectivity index (χ0v) is 8.71. The van der Waals surface area contributed by atoms with Crippen LogP contribution in [-0.4, -0.2) is 18.3 Å². The molecular formula is C9H12ClN3O2. The van der Waals surface area contributed by atoms with Crippen molar-refractivity contribution in [3.63, 3.8) is 0 Å². The van der Waals surface area contributed by atoms with Crippen molar-refractivity contribution in [3.05, 3.63) is 29.8 Å². The van der Waals surface area contributed by atoms with E-state index in [2.05, 4.69) is 0 Å². The second-order valence-electron chi connectivity index (χ2n) is 2.70. The molecule has 0 atom stereocenters. The van der Waals surface area contributed by atoms with E-state index in [1.54, 1.807) is 24.3 Å². The van der Waals surface area contributed by atoms with Crippen LogP contribution in [0.1, 0.15) is 5.56 Å². The number of nitrogens with one attached hydrogen (secondary N) is 1. The molecule has 0 saturated heterocycles. The number of benzene rings is 1. The molecule has 0 fully saturated rings. The summed E-state index contributed by atoms with van der Waals surface area (Å²) in [5.74, 6) is -0.121. The fraction of sp³-hybridized carbons (Fsp3) is 0.111. The molecule has 0 bridgehead atoms. The minimum absolute atomic E-state index is 0. The van der Waals surface area contributed by atoms with Crippen LogP contribution in [0, 0.1) is 5.41 Å². The maximum absolute atomic E-state index is 10.4. The van der Waals surface area contributed by atoms with E-state index in [4.69, 9.17) is 21.6 Å². The standard InChI is InChI=1S/C9H11N3O2.ClH/c10-8(13)5-14-7-3-1-2-6(4-7)9(11)12;/h1-4H,5H2,(H2,10,13)(H3,11,12);1H. The molecule has 5 nitrogen and oxygen atoms in total. The van der Waals surface area contributed by atoms with Gasteiger partial charge in [0, 0.05) is 5.56 Å². The lowest BCUT2D eigenvalue weighted by Gasteiger charge is -2.04. The van der Waals surface area contributed by atoms with Crippen LogP contribution in [0.25, 0.3) is 0 Å². The van der Waals surface area contributed by atoms with E-state index in [1.807, 2.05) is 0 Å². The molecular weight excluding hydrogens is 218 g/mol. The number of nitrogens with two attached hydrogens (primary N) is 2. The highest BCUT2D eigenvalue weighted by atomic mass is 35.5. The highest BCUT2D eigenvalue weighted by molar-refractivity contribution is 5.95. The molecule has 0 unspecified atom stereocenters. The molecule has 1 aromatic carbocycles. The molecule has 6 heteroatoms. The third-order valence-corrected chi connectivity index (χ3v) is 1.53. The van der Waals surface area contributed by atoms with Gasteiger partial charge in [-0.2, -0.15) is 0 Å². The average Bonchev–Trinajstić information content (AvgIpc) is 2.15. The van der Waals surface area contributed by atoms with Crippen LogP contribution in [0.15, 0.2) is 24.3 Å². The Labute approximate surface area is 93.3 Å². The van der Waals surface area contributed by atoms with Gasteiger partial charge in [-0.1, -0.05) is 12.1 Å². The maximum atomic E-state index is 10.4. The predicted octanol–water partition coefficient (Wildman–Crippen LogP) is 0.257. The zero-order chi connectivity index (χ0) is 10.6. The molecule has 1 rings (SSSR count). The Morgan fingerprint density at radius 3 is 2.60 bits per heavy atom. The molecule has 15 heavy (non-hydrogen) atoms. The largest absolute Gasteiger partial charge is 0.484 e. The lowest BCUT2D eigenvalue weighted by atomic mass is 10.2. The van der Waals surface area contributed by atoms with E-state index < -0.39 is 5.91 Å². The smallest absolute Gasteiger partial charge is 0.255 e.